The van der Waals surface area contributed by atoms with Crippen molar-refractivity contribution in [3.8, 4) is 0 Å². The van der Waals surface area contributed by atoms with E-state index in [9.17, 15) is 9.59 Å². The van der Waals surface area contributed by atoms with Crippen molar-refractivity contribution in [2.24, 2.45) is 23.7 Å². The minimum absolute atomic E-state index is 0.0707. The molecule has 4 unspecified atom stereocenters. The number of ketones is 2. The van der Waals surface area contributed by atoms with Crippen LogP contribution in [0, 0.1) is 23.7 Å². The SMILES string of the molecule is CC1CC2C(=O)c3ccccc3C(=O)C2CC1C. The molecule has 0 aliphatic heterocycles. The van der Waals surface area contributed by atoms with E-state index in [2.05, 4.69) is 13.8 Å². The van der Waals surface area contributed by atoms with Crippen molar-refractivity contribution in [1.29, 1.82) is 0 Å². The van der Waals surface area contributed by atoms with Crippen LogP contribution in [0.15, 0.2) is 24.3 Å². The Bertz CT molecular complexity index is 471. The number of benzene rings is 1. The number of Topliss-reactive ketones (excluding diaryl/α,β-unsaturated/α-hetero) is 2. The van der Waals surface area contributed by atoms with Crippen molar-refractivity contribution in [2.45, 2.75) is 26.7 Å². The van der Waals surface area contributed by atoms with Crippen molar-refractivity contribution in [1.82, 2.24) is 0 Å². The molecule has 3 rings (SSSR count). The molecule has 0 heterocycles. The molecule has 0 radical (unpaired) electrons. The number of hydrogen-bond acceptors (Lipinski definition) is 2. The summed E-state index contributed by atoms with van der Waals surface area (Å²) >= 11 is 0. The van der Waals surface area contributed by atoms with E-state index in [1.807, 2.05) is 12.1 Å². The molecular weight excluding hydrogens is 224 g/mol. The van der Waals surface area contributed by atoms with Gasteiger partial charge in [0.05, 0.1) is 0 Å². The van der Waals surface area contributed by atoms with Gasteiger partial charge in [-0.25, -0.2) is 0 Å². The molecule has 0 spiro atoms. The van der Waals surface area contributed by atoms with Crippen molar-refractivity contribution >= 4 is 11.6 Å². The monoisotopic (exact) mass is 242 g/mol. The predicted octanol–water partition coefficient (Wildman–Crippen LogP) is 3.36. The maximum absolute atomic E-state index is 12.5. The second-order valence-electron chi connectivity index (χ2n) is 5.91. The van der Waals surface area contributed by atoms with E-state index in [0.717, 1.165) is 12.8 Å². The van der Waals surface area contributed by atoms with Gasteiger partial charge in [0, 0.05) is 23.0 Å². The fourth-order valence-corrected chi connectivity index (χ4v) is 3.49. The molecule has 0 N–H and O–H groups in total. The third kappa shape index (κ3) is 1.55. The lowest BCUT2D eigenvalue weighted by Gasteiger charge is -2.40. The second kappa shape index (κ2) is 4.04. The average molecular weight is 242 g/mol. The first-order valence-corrected chi connectivity index (χ1v) is 6.77. The van der Waals surface area contributed by atoms with E-state index < -0.39 is 0 Å². The summed E-state index contributed by atoms with van der Waals surface area (Å²) in [4.78, 5) is 25.0. The third-order valence-electron chi connectivity index (χ3n) is 4.84. The van der Waals surface area contributed by atoms with Crippen LogP contribution in [0.4, 0.5) is 0 Å². The molecule has 4 atom stereocenters. The summed E-state index contributed by atoms with van der Waals surface area (Å²) in [6.07, 6.45) is 1.73. The summed E-state index contributed by atoms with van der Waals surface area (Å²) in [5.74, 6) is 1.31. The van der Waals surface area contributed by atoms with Crippen LogP contribution >= 0.6 is 0 Å². The van der Waals surface area contributed by atoms with Crippen LogP contribution in [-0.4, -0.2) is 11.6 Å². The van der Waals surface area contributed by atoms with Crippen molar-refractivity contribution in [2.75, 3.05) is 0 Å². The van der Waals surface area contributed by atoms with Gasteiger partial charge in [0.1, 0.15) is 0 Å². The molecule has 2 heteroatoms. The molecular formula is C16H18O2. The van der Waals surface area contributed by atoms with Crippen LogP contribution in [0.1, 0.15) is 47.4 Å². The van der Waals surface area contributed by atoms with Gasteiger partial charge in [0.25, 0.3) is 0 Å². The van der Waals surface area contributed by atoms with Crippen LogP contribution in [0.25, 0.3) is 0 Å². The Balaban J connectivity index is 2.06. The Hall–Kier alpha value is -1.44. The second-order valence-corrected chi connectivity index (χ2v) is 5.91. The molecule has 18 heavy (non-hydrogen) atoms. The smallest absolute Gasteiger partial charge is 0.167 e. The first-order valence-electron chi connectivity index (χ1n) is 6.77. The van der Waals surface area contributed by atoms with Crippen molar-refractivity contribution < 1.29 is 9.59 Å². The lowest BCUT2D eigenvalue weighted by Crippen LogP contribution is -2.42. The maximum atomic E-state index is 12.5. The van der Waals surface area contributed by atoms with E-state index in [1.54, 1.807) is 12.1 Å². The number of fused-ring (bicyclic) bond motifs is 2. The largest absolute Gasteiger partial charge is 0.294 e. The van der Waals surface area contributed by atoms with E-state index in [4.69, 9.17) is 0 Å². The number of carbonyl (C=O) groups is 2. The van der Waals surface area contributed by atoms with Crippen molar-refractivity contribution in [3.05, 3.63) is 35.4 Å². The molecule has 0 amide bonds. The minimum Gasteiger partial charge on any atom is -0.294 e. The highest BCUT2D eigenvalue weighted by atomic mass is 16.1. The highest BCUT2D eigenvalue weighted by Gasteiger charge is 2.45. The summed E-state index contributed by atoms with van der Waals surface area (Å²) in [6, 6.07) is 7.29. The van der Waals surface area contributed by atoms with Gasteiger partial charge in [-0.15, -0.1) is 0 Å². The van der Waals surface area contributed by atoms with Gasteiger partial charge in [-0.2, -0.15) is 0 Å². The van der Waals surface area contributed by atoms with E-state index >= 15 is 0 Å². The fraction of sp³-hybridized carbons (Fsp3) is 0.500. The number of rotatable bonds is 0. The van der Waals surface area contributed by atoms with Gasteiger partial charge < -0.3 is 0 Å². The number of hydrogen-bond donors (Lipinski definition) is 0. The topological polar surface area (TPSA) is 34.1 Å². The van der Waals surface area contributed by atoms with Crippen LogP contribution < -0.4 is 0 Å². The Morgan fingerprint density at radius 2 is 1.22 bits per heavy atom. The van der Waals surface area contributed by atoms with Gasteiger partial charge in [-0.1, -0.05) is 38.1 Å². The summed E-state index contributed by atoms with van der Waals surface area (Å²) in [5.41, 5.74) is 1.29. The lowest BCUT2D eigenvalue weighted by molar-refractivity contribution is 0.0569. The highest BCUT2D eigenvalue weighted by molar-refractivity contribution is 6.16. The summed E-state index contributed by atoms with van der Waals surface area (Å²) < 4.78 is 0. The van der Waals surface area contributed by atoms with Gasteiger partial charge in [-0.05, 0) is 24.7 Å². The normalized spacial score (nSPS) is 35.0. The van der Waals surface area contributed by atoms with Crippen LogP contribution in [0.2, 0.25) is 0 Å². The van der Waals surface area contributed by atoms with Gasteiger partial charge >= 0.3 is 0 Å². The quantitative estimate of drug-likeness (QED) is 0.699. The molecule has 2 aliphatic rings. The zero-order valence-corrected chi connectivity index (χ0v) is 10.8. The molecule has 1 fully saturated rings. The molecule has 2 aliphatic carbocycles. The molecule has 1 aromatic carbocycles. The van der Waals surface area contributed by atoms with Gasteiger partial charge in [-0.3, -0.25) is 9.59 Å². The van der Waals surface area contributed by atoms with Gasteiger partial charge in [0.2, 0.25) is 0 Å². The first-order chi connectivity index (χ1) is 8.59. The van der Waals surface area contributed by atoms with Crippen LogP contribution in [-0.2, 0) is 0 Å². The number of carbonyl (C=O) groups excluding carboxylic acids is 2. The van der Waals surface area contributed by atoms with E-state index in [-0.39, 0.29) is 23.4 Å². The Morgan fingerprint density at radius 3 is 1.61 bits per heavy atom. The summed E-state index contributed by atoms with van der Waals surface area (Å²) in [7, 11) is 0. The molecule has 94 valence electrons. The van der Waals surface area contributed by atoms with Crippen LogP contribution in [0.3, 0.4) is 0 Å². The molecule has 0 aromatic heterocycles. The minimum atomic E-state index is -0.0707. The van der Waals surface area contributed by atoms with E-state index in [0.29, 0.717) is 23.0 Å². The zero-order chi connectivity index (χ0) is 12.9. The Morgan fingerprint density at radius 1 is 0.833 bits per heavy atom. The summed E-state index contributed by atoms with van der Waals surface area (Å²) in [6.45, 7) is 4.39. The molecule has 0 bridgehead atoms. The lowest BCUT2D eigenvalue weighted by atomic mass is 9.62. The fourth-order valence-electron chi connectivity index (χ4n) is 3.49. The molecule has 1 saturated carbocycles. The Labute approximate surface area is 107 Å². The molecule has 2 nitrogen and oxygen atoms in total. The Kier molecular flexibility index (Phi) is 2.61. The standard InChI is InChI=1S/C16H18O2/c1-9-7-13-14(8-10(9)2)16(18)12-6-4-3-5-11(12)15(13)17/h3-6,9-10,13-14H,7-8H2,1-2H3. The zero-order valence-electron chi connectivity index (χ0n) is 10.8. The van der Waals surface area contributed by atoms with Crippen LogP contribution in [0.5, 0.6) is 0 Å². The predicted molar refractivity (Wildman–Crippen MR) is 69.6 cm³/mol. The maximum Gasteiger partial charge on any atom is 0.167 e. The van der Waals surface area contributed by atoms with Crippen molar-refractivity contribution in [3.63, 3.8) is 0 Å². The molecule has 0 saturated heterocycles. The van der Waals surface area contributed by atoms with Gasteiger partial charge in [0.15, 0.2) is 11.6 Å². The van der Waals surface area contributed by atoms with E-state index in [1.165, 1.54) is 0 Å². The first kappa shape index (κ1) is 11.6. The summed E-state index contributed by atoms with van der Waals surface area (Å²) in [5, 5.41) is 0. The highest BCUT2D eigenvalue weighted by Crippen LogP contribution is 2.43. The average Bonchev–Trinajstić information content (AvgIpc) is 2.38. The molecule has 1 aromatic rings. The third-order valence-corrected chi connectivity index (χ3v) is 4.84.